The highest BCUT2D eigenvalue weighted by Gasteiger charge is 2.26. The molecule has 0 radical (unpaired) electrons. The summed E-state index contributed by atoms with van der Waals surface area (Å²) in [7, 11) is -4.41. The number of carbonyl (C=O) groups excluding carboxylic acids is 2. The smallest absolute Gasteiger partial charge is 0.462 e. The van der Waals surface area contributed by atoms with Crippen molar-refractivity contribution in [1.82, 2.24) is 0 Å². The summed E-state index contributed by atoms with van der Waals surface area (Å²) < 4.78 is 32.9. The molecule has 2 atom stereocenters. The van der Waals surface area contributed by atoms with Crippen molar-refractivity contribution in [3.8, 4) is 0 Å². The third kappa shape index (κ3) is 51.6. The quantitative estimate of drug-likeness (QED) is 0.0265. The Morgan fingerprint density at radius 1 is 0.448 bits per heavy atom. The van der Waals surface area contributed by atoms with Gasteiger partial charge >= 0.3 is 19.8 Å². The zero-order valence-electron chi connectivity index (χ0n) is 42.1. The van der Waals surface area contributed by atoms with Gasteiger partial charge in [-0.3, -0.25) is 18.6 Å². The van der Waals surface area contributed by atoms with E-state index in [9.17, 15) is 19.0 Å². The highest BCUT2D eigenvalue weighted by molar-refractivity contribution is 7.47. The minimum atomic E-state index is -4.41. The van der Waals surface area contributed by atoms with Gasteiger partial charge in [0.2, 0.25) is 0 Å². The minimum absolute atomic E-state index is 0.0392. The number of unbranched alkanes of at least 4 members (excludes halogenated alkanes) is 14. The van der Waals surface area contributed by atoms with Crippen molar-refractivity contribution in [1.29, 1.82) is 0 Å². The Morgan fingerprint density at radius 2 is 0.776 bits per heavy atom. The van der Waals surface area contributed by atoms with Crippen LogP contribution in [0.1, 0.15) is 194 Å². The van der Waals surface area contributed by atoms with E-state index >= 15 is 0 Å². The van der Waals surface area contributed by atoms with E-state index in [-0.39, 0.29) is 32.6 Å². The molecule has 0 aromatic heterocycles. The number of rotatable bonds is 47. The van der Waals surface area contributed by atoms with Crippen LogP contribution in [-0.2, 0) is 32.7 Å². The van der Waals surface area contributed by atoms with Crippen LogP contribution in [0.15, 0.2) is 122 Å². The van der Waals surface area contributed by atoms with Crippen LogP contribution >= 0.6 is 7.82 Å². The number of allylic oxidation sites excluding steroid dienone is 20. The average Bonchev–Trinajstić information content (AvgIpc) is 3.32. The maximum absolute atomic E-state index is 12.6. The monoisotopic (exact) mass is 952 g/mol. The van der Waals surface area contributed by atoms with Crippen LogP contribution in [0.3, 0.4) is 0 Å². The van der Waals surface area contributed by atoms with Crippen molar-refractivity contribution in [2.75, 3.05) is 26.4 Å². The molecular weight excluding hydrogens is 858 g/mol. The van der Waals surface area contributed by atoms with Crippen LogP contribution in [0.2, 0.25) is 0 Å². The highest BCUT2D eigenvalue weighted by atomic mass is 31.2. The summed E-state index contributed by atoms with van der Waals surface area (Å²) in [6.07, 6.45) is 71.0. The summed E-state index contributed by atoms with van der Waals surface area (Å²) in [6.45, 7) is 3.45. The molecule has 0 aromatic carbocycles. The van der Waals surface area contributed by atoms with Crippen molar-refractivity contribution < 1.29 is 37.6 Å². The van der Waals surface area contributed by atoms with E-state index in [1.165, 1.54) is 57.8 Å². The molecule has 10 heteroatoms. The van der Waals surface area contributed by atoms with E-state index in [1.54, 1.807) is 0 Å². The van der Waals surface area contributed by atoms with Crippen molar-refractivity contribution in [3.63, 3.8) is 0 Å². The van der Waals surface area contributed by atoms with Gasteiger partial charge in [-0.25, -0.2) is 4.57 Å². The Kier molecular flexibility index (Phi) is 49.0. The number of hydrogen-bond donors (Lipinski definition) is 2. The molecule has 0 saturated carbocycles. The lowest BCUT2D eigenvalue weighted by molar-refractivity contribution is -0.161. The minimum Gasteiger partial charge on any atom is -0.462 e. The van der Waals surface area contributed by atoms with Crippen molar-refractivity contribution in [2.24, 2.45) is 5.73 Å². The lowest BCUT2D eigenvalue weighted by Gasteiger charge is -2.19. The van der Waals surface area contributed by atoms with Crippen LogP contribution in [0.4, 0.5) is 0 Å². The van der Waals surface area contributed by atoms with E-state index in [4.69, 9.17) is 24.3 Å². The molecular formula is C57H94NO8P. The van der Waals surface area contributed by atoms with Gasteiger partial charge in [0.1, 0.15) is 6.61 Å². The molecule has 2 unspecified atom stereocenters. The molecule has 9 nitrogen and oxygen atoms in total. The van der Waals surface area contributed by atoms with Crippen LogP contribution in [0.5, 0.6) is 0 Å². The Bertz CT molecular complexity index is 1500. The van der Waals surface area contributed by atoms with Crippen LogP contribution in [0, 0.1) is 0 Å². The van der Waals surface area contributed by atoms with Crippen molar-refractivity contribution >= 4 is 19.8 Å². The van der Waals surface area contributed by atoms with Gasteiger partial charge in [0.05, 0.1) is 13.2 Å². The first-order valence-electron chi connectivity index (χ1n) is 26.0. The summed E-state index contributed by atoms with van der Waals surface area (Å²) in [5, 5.41) is 0. The first kappa shape index (κ1) is 63.4. The number of nitrogens with two attached hydrogens (primary N) is 1. The number of carbonyl (C=O) groups is 2. The maximum Gasteiger partial charge on any atom is 0.472 e. The standard InChI is InChI=1S/C57H94NO8P/c1-3-5-7-9-11-13-15-17-19-21-23-25-26-27-28-30-31-33-35-37-39-41-43-45-47-49-56(59)63-53-55(54-65-67(61,62)64-52-51-58)66-57(60)50-48-46-44-42-40-38-36-34-32-29-24-22-20-18-16-14-12-10-8-6-4-2/h5-8,11-14,17-20,23-25,29,34,36,40,42,55H,3-4,9-10,15-16,21-22,26-28,30-33,35,37-39,41,43-54,58H2,1-2H3,(H,61,62)/b7-5-,8-6-,13-11-,14-12-,19-17-,20-18-,25-23-,29-24-,36-34-,42-40-. The Balaban J connectivity index is 4.13. The fourth-order valence-corrected chi connectivity index (χ4v) is 7.34. The van der Waals surface area contributed by atoms with Crippen LogP contribution in [0.25, 0.3) is 0 Å². The van der Waals surface area contributed by atoms with Crippen LogP contribution < -0.4 is 5.73 Å². The zero-order chi connectivity index (χ0) is 48.8. The topological polar surface area (TPSA) is 134 Å². The number of phosphoric acid groups is 1. The molecule has 0 amide bonds. The first-order chi connectivity index (χ1) is 32.8. The summed E-state index contributed by atoms with van der Waals surface area (Å²) in [5.41, 5.74) is 5.37. The third-order valence-corrected chi connectivity index (χ3v) is 11.3. The predicted molar refractivity (Wildman–Crippen MR) is 284 cm³/mol. The molecule has 0 aliphatic heterocycles. The fourth-order valence-electron chi connectivity index (χ4n) is 6.57. The second kappa shape index (κ2) is 51.8. The molecule has 67 heavy (non-hydrogen) atoms. The van der Waals surface area contributed by atoms with Gasteiger partial charge in [-0.05, 0) is 103 Å². The number of esters is 2. The summed E-state index contributed by atoms with van der Waals surface area (Å²) in [6, 6.07) is 0. The molecule has 0 spiro atoms. The average molecular weight is 952 g/mol. The van der Waals surface area contributed by atoms with E-state index in [0.717, 1.165) is 103 Å². The summed E-state index contributed by atoms with van der Waals surface area (Å²) in [4.78, 5) is 35.1. The van der Waals surface area contributed by atoms with Crippen LogP contribution in [-0.4, -0.2) is 49.3 Å². The molecule has 0 saturated heterocycles. The molecule has 380 valence electrons. The van der Waals surface area contributed by atoms with Gasteiger partial charge in [-0.2, -0.15) is 0 Å². The third-order valence-electron chi connectivity index (χ3n) is 10.3. The lowest BCUT2D eigenvalue weighted by Crippen LogP contribution is -2.29. The Labute approximate surface area is 409 Å². The number of hydrogen-bond acceptors (Lipinski definition) is 8. The predicted octanol–water partition coefficient (Wildman–Crippen LogP) is 16.1. The Morgan fingerprint density at radius 3 is 1.18 bits per heavy atom. The van der Waals surface area contributed by atoms with Gasteiger partial charge < -0.3 is 20.1 Å². The molecule has 0 aliphatic rings. The normalized spacial score (nSPS) is 14.1. The van der Waals surface area contributed by atoms with Gasteiger partial charge in [-0.15, -0.1) is 0 Å². The molecule has 0 rings (SSSR count). The summed E-state index contributed by atoms with van der Waals surface area (Å²) >= 11 is 0. The maximum atomic E-state index is 12.6. The van der Waals surface area contributed by atoms with E-state index in [1.807, 2.05) is 0 Å². The second-order valence-corrected chi connectivity index (χ2v) is 18.1. The molecule has 0 heterocycles. The van der Waals surface area contributed by atoms with Crippen molar-refractivity contribution in [3.05, 3.63) is 122 Å². The Hall–Kier alpha value is -3.59. The van der Waals surface area contributed by atoms with Gasteiger partial charge in [-0.1, -0.05) is 200 Å². The second-order valence-electron chi connectivity index (χ2n) is 16.6. The van der Waals surface area contributed by atoms with E-state index in [0.29, 0.717) is 6.42 Å². The molecule has 0 aromatic rings. The number of phosphoric ester groups is 1. The lowest BCUT2D eigenvalue weighted by atomic mass is 10.0. The summed E-state index contributed by atoms with van der Waals surface area (Å²) in [5.74, 6) is -0.890. The van der Waals surface area contributed by atoms with Gasteiger partial charge in [0.15, 0.2) is 6.10 Å². The van der Waals surface area contributed by atoms with E-state index in [2.05, 4.69) is 135 Å². The van der Waals surface area contributed by atoms with Gasteiger partial charge in [0.25, 0.3) is 0 Å². The van der Waals surface area contributed by atoms with E-state index < -0.39 is 32.5 Å². The number of ether oxygens (including phenoxy) is 2. The SMILES string of the molecule is CC/C=C\C/C=C\C/C=C\C/C=C\C/C=C\C/C=C\CCCCC(=O)OC(COC(=O)CCCCCCCCCCCCCC/C=C\C/C=C\C/C=C\C/C=C\CC)COP(=O)(O)OCCN. The first-order valence-corrected chi connectivity index (χ1v) is 27.5. The van der Waals surface area contributed by atoms with Gasteiger partial charge in [0, 0.05) is 19.4 Å². The molecule has 0 fully saturated rings. The fraction of sp³-hybridized carbons (Fsp3) is 0.614. The molecule has 0 bridgehead atoms. The zero-order valence-corrected chi connectivity index (χ0v) is 43.0. The largest absolute Gasteiger partial charge is 0.472 e. The molecule has 3 N–H and O–H groups in total. The van der Waals surface area contributed by atoms with Crippen molar-refractivity contribution in [2.45, 2.75) is 200 Å². The highest BCUT2D eigenvalue weighted by Crippen LogP contribution is 2.43. The molecule has 0 aliphatic carbocycles.